The molecule has 1 aromatic carbocycles. The lowest BCUT2D eigenvalue weighted by atomic mass is 9.93. The van der Waals surface area contributed by atoms with E-state index in [2.05, 4.69) is 41.5 Å². The van der Waals surface area contributed by atoms with Gasteiger partial charge < -0.3 is 15.0 Å². The Morgan fingerprint density at radius 2 is 2.16 bits per heavy atom. The van der Waals surface area contributed by atoms with Crippen LogP contribution >= 0.6 is 0 Å². The summed E-state index contributed by atoms with van der Waals surface area (Å²) in [6.07, 6.45) is 2.47. The van der Waals surface area contributed by atoms with Crippen molar-refractivity contribution in [3.8, 4) is 5.75 Å². The van der Waals surface area contributed by atoms with Gasteiger partial charge in [-0.15, -0.1) is 0 Å². The summed E-state index contributed by atoms with van der Waals surface area (Å²) < 4.78 is 5.71. The molecule has 0 aliphatic carbocycles. The Morgan fingerprint density at radius 3 is 3.00 bits per heavy atom. The molecule has 3 rings (SSSR count). The highest BCUT2D eigenvalue weighted by Crippen LogP contribution is 2.32. The molecule has 1 N–H and O–H groups in total. The maximum absolute atomic E-state index is 5.71. The molecule has 2 atom stereocenters. The fourth-order valence-corrected chi connectivity index (χ4v) is 3.28. The first-order chi connectivity index (χ1) is 9.33. The van der Waals surface area contributed by atoms with Gasteiger partial charge in [-0.3, -0.25) is 0 Å². The van der Waals surface area contributed by atoms with Crippen LogP contribution in [0.5, 0.6) is 5.75 Å². The van der Waals surface area contributed by atoms with Gasteiger partial charge in [-0.05, 0) is 50.5 Å². The van der Waals surface area contributed by atoms with Crippen molar-refractivity contribution in [1.82, 2.24) is 10.2 Å². The first-order valence-electron chi connectivity index (χ1n) is 7.44. The molecule has 2 heterocycles. The minimum Gasteiger partial charge on any atom is -0.493 e. The van der Waals surface area contributed by atoms with Gasteiger partial charge in [0.1, 0.15) is 5.75 Å². The summed E-state index contributed by atoms with van der Waals surface area (Å²) in [7, 11) is 2.22. The van der Waals surface area contributed by atoms with Crippen molar-refractivity contribution in [3.05, 3.63) is 29.8 Å². The Bertz CT molecular complexity index is 421. The Balaban J connectivity index is 1.51. The quantitative estimate of drug-likeness (QED) is 0.897. The van der Waals surface area contributed by atoms with Crippen molar-refractivity contribution in [1.29, 1.82) is 0 Å². The third-order valence-electron chi connectivity index (χ3n) is 4.40. The predicted octanol–water partition coefficient (Wildman–Crippen LogP) is 2.09. The minimum absolute atomic E-state index is 0.615. The largest absolute Gasteiger partial charge is 0.493 e. The third kappa shape index (κ3) is 3.10. The molecular formula is C16H24N2O. The number of benzene rings is 1. The van der Waals surface area contributed by atoms with Crippen LogP contribution in [0.4, 0.5) is 0 Å². The molecule has 1 aromatic rings. The molecule has 2 unspecified atom stereocenters. The summed E-state index contributed by atoms with van der Waals surface area (Å²) in [5.41, 5.74) is 1.38. The second-order valence-electron chi connectivity index (χ2n) is 5.95. The molecule has 1 fully saturated rings. The van der Waals surface area contributed by atoms with E-state index in [-0.39, 0.29) is 0 Å². The SMILES string of the molecule is CN1CCC(CNCC2CCOc3ccccc32)C1. The monoisotopic (exact) mass is 260 g/mol. The summed E-state index contributed by atoms with van der Waals surface area (Å²) in [6, 6.07) is 8.48. The van der Waals surface area contributed by atoms with Crippen molar-refractivity contribution in [2.75, 3.05) is 39.8 Å². The fourth-order valence-electron chi connectivity index (χ4n) is 3.28. The van der Waals surface area contributed by atoms with E-state index in [1.807, 2.05) is 0 Å². The second-order valence-corrected chi connectivity index (χ2v) is 5.95. The number of nitrogens with zero attached hydrogens (tertiary/aromatic N) is 1. The van der Waals surface area contributed by atoms with Crippen LogP contribution in [-0.2, 0) is 0 Å². The lowest BCUT2D eigenvalue weighted by Crippen LogP contribution is -2.30. The molecule has 0 amide bonds. The van der Waals surface area contributed by atoms with Gasteiger partial charge in [-0.2, -0.15) is 0 Å². The molecule has 2 aliphatic heterocycles. The minimum atomic E-state index is 0.615. The predicted molar refractivity (Wildman–Crippen MR) is 77.8 cm³/mol. The Kier molecular flexibility index (Phi) is 4.04. The van der Waals surface area contributed by atoms with E-state index in [1.165, 1.54) is 25.1 Å². The molecule has 19 heavy (non-hydrogen) atoms. The highest BCUT2D eigenvalue weighted by molar-refractivity contribution is 5.37. The third-order valence-corrected chi connectivity index (χ3v) is 4.40. The summed E-state index contributed by atoms with van der Waals surface area (Å²) in [4.78, 5) is 2.43. The lowest BCUT2D eigenvalue weighted by Gasteiger charge is -2.26. The van der Waals surface area contributed by atoms with Gasteiger partial charge in [-0.1, -0.05) is 18.2 Å². The molecule has 1 saturated heterocycles. The van der Waals surface area contributed by atoms with E-state index in [1.54, 1.807) is 0 Å². The number of nitrogens with one attached hydrogen (secondary N) is 1. The molecule has 0 spiro atoms. The van der Waals surface area contributed by atoms with Crippen LogP contribution in [0.15, 0.2) is 24.3 Å². The Labute approximate surface area is 115 Å². The number of likely N-dealkylation sites (tertiary alicyclic amines) is 1. The second kappa shape index (κ2) is 5.93. The maximum atomic E-state index is 5.71. The van der Waals surface area contributed by atoms with Gasteiger partial charge in [0.15, 0.2) is 0 Å². The molecule has 0 radical (unpaired) electrons. The smallest absolute Gasteiger partial charge is 0.122 e. The molecule has 3 nitrogen and oxygen atoms in total. The first kappa shape index (κ1) is 12.9. The topological polar surface area (TPSA) is 24.5 Å². The zero-order valence-corrected chi connectivity index (χ0v) is 11.8. The lowest BCUT2D eigenvalue weighted by molar-refractivity contribution is 0.263. The maximum Gasteiger partial charge on any atom is 0.122 e. The van der Waals surface area contributed by atoms with Gasteiger partial charge in [-0.25, -0.2) is 0 Å². The van der Waals surface area contributed by atoms with Crippen LogP contribution in [0.25, 0.3) is 0 Å². The number of fused-ring (bicyclic) bond motifs is 1. The van der Waals surface area contributed by atoms with E-state index in [0.717, 1.165) is 37.8 Å². The Morgan fingerprint density at radius 1 is 1.26 bits per heavy atom. The van der Waals surface area contributed by atoms with Crippen molar-refractivity contribution < 1.29 is 4.74 Å². The molecule has 3 heteroatoms. The average Bonchev–Trinajstić information content (AvgIpc) is 2.85. The number of hydrogen-bond donors (Lipinski definition) is 1. The van der Waals surface area contributed by atoms with Crippen LogP contribution < -0.4 is 10.1 Å². The van der Waals surface area contributed by atoms with Crippen LogP contribution in [0.2, 0.25) is 0 Å². The van der Waals surface area contributed by atoms with Crippen LogP contribution in [0.1, 0.15) is 24.3 Å². The zero-order chi connectivity index (χ0) is 13.1. The van der Waals surface area contributed by atoms with Gasteiger partial charge >= 0.3 is 0 Å². The van der Waals surface area contributed by atoms with Crippen molar-refractivity contribution in [3.63, 3.8) is 0 Å². The normalized spacial score (nSPS) is 27.0. The number of ether oxygens (including phenoxy) is 1. The van der Waals surface area contributed by atoms with Gasteiger partial charge in [0, 0.05) is 19.0 Å². The van der Waals surface area contributed by atoms with Gasteiger partial charge in [0.25, 0.3) is 0 Å². The fraction of sp³-hybridized carbons (Fsp3) is 0.625. The van der Waals surface area contributed by atoms with Crippen LogP contribution in [-0.4, -0.2) is 44.7 Å². The average molecular weight is 260 g/mol. The summed E-state index contributed by atoms with van der Waals surface area (Å²) in [6.45, 7) is 5.60. The number of para-hydroxylation sites is 1. The van der Waals surface area contributed by atoms with Gasteiger partial charge in [0.05, 0.1) is 6.61 Å². The summed E-state index contributed by atoms with van der Waals surface area (Å²) >= 11 is 0. The number of hydrogen-bond acceptors (Lipinski definition) is 3. The number of rotatable bonds is 4. The molecule has 0 aromatic heterocycles. The van der Waals surface area contributed by atoms with Crippen molar-refractivity contribution in [2.45, 2.75) is 18.8 Å². The van der Waals surface area contributed by atoms with Crippen LogP contribution in [0.3, 0.4) is 0 Å². The van der Waals surface area contributed by atoms with Gasteiger partial charge in [0.2, 0.25) is 0 Å². The van der Waals surface area contributed by atoms with Crippen LogP contribution in [0, 0.1) is 5.92 Å². The van der Waals surface area contributed by atoms with E-state index in [9.17, 15) is 0 Å². The zero-order valence-electron chi connectivity index (χ0n) is 11.8. The molecule has 0 bridgehead atoms. The molecule has 0 saturated carbocycles. The summed E-state index contributed by atoms with van der Waals surface area (Å²) in [5.74, 6) is 2.53. The van der Waals surface area contributed by atoms with Crippen molar-refractivity contribution >= 4 is 0 Å². The molecule has 2 aliphatic rings. The highest BCUT2D eigenvalue weighted by Gasteiger charge is 2.22. The molecule has 104 valence electrons. The van der Waals surface area contributed by atoms with E-state index < -0.39 is 0 Å². The Hall–Kier alpha value is -1.06. The first-order valence-corrected chi connectivity index (χ1v) is 7.44. The van der Waals surface area contributed by atoms with E-state index in [0.29, 0.717) is 5.92 Å². The van der Waals surface area contributed by atoms with Crippen molar-refractivity contribution in [2.24, 2.45) is 5.92 Å². The summed E-state index contributed by atoms with van der Waals surface area (Å²) in [5, 5.41) is 3.68. The van der Waals surface area contributed by atoms with E-state index in [4.69, 9.17) is 4.74 Å². The van der Waals surface area contributed by atoms with E-state index >= 15 is 0 Å². The standard InChI is InChI=1S/C16H24N2O/c1-18-8-6-13(12-18)10-17-11-14-7-9-19-16-5-3-2-4-15(14)16/h2-5,13-14,17H,6-12H2,1H3. The highest BCUT2D eigenvalue weighted by atomic mass is 16.5. The molecular weight excluding hydrogens is 236 g/mol.